The standard InChI is InChI=1S/C12H20BrN3O/c1-8(2)16-11(10(13)7-15-16)12(17)5-3-4-9(14)6-12/h7-9,17H,3-6,14H2,1-2H3. The summed E-state index contributed by atoms with van der Waals surface area (Å²) in [7, 11) is 0. The number of aromatic nitrogens is 2. The molecular weight excluding hydrogens is 282 g/mol. The number of nitrogens with two attached hydrogens (primary N) is 1. The zero-order valence-corrected chi connectivity index (χ0v) is 11.9. The molecule has 5 heteroatoms. The van der Waals surface area contributed by atoms with Crippen LogP contribution >= 0.6 is 15.9 Å². The quantitative estimate of drug-likeness (QED) is 0.881. The summed E-state index contributed by atoms with van der Waals surface area (Å²) in [5.41, 5.74) is 6.03. The second kappa shape index (κ2) is 4.71. The van der Waals surface area contributed by atoms with Crippen LogP contribution in [0.5, 0.6) is 0 Å². The molecule has 2 rings (SSSR count). The molecule has 0 amide bonds. The predicted molar refractivity (Wildman–Crippen MR) is 70.7 cm³/mol. The summed E-state index contributed by atoms with van der Waals surface area (Å²) in [6, 6.07) is 0.314. The summed E-state index contributed by atoms with van der Waals surface area (Å²) in [5, 5.41) is 15.2. The molecule has 1 heterocycles. The number of halogens is 1. The van der Waals surface area contributed by atoms with Crippen molar-refractivity contribution in [1.82, 2.24) is 9.78 Å². The Labute approximate surface area is 110 Å². The molecule has 4 nitrogen and oxygen atoms in total. The molecule has 0 radical (unpaired) electrons. The minimum absolute atomic E-state index is 0.0798. The molecule has 1 aromatic rings. The van der Waals surface area contributed by atoms with Crippen molar-refractivity contribution in [2.24, 2.45) is 5.73 Å². The molecule has 2 atom stereocenters. The van der Waals surface area contributed by atoms with Gasteiger partial charge >= 0.3 is 0 Å². The average Bonchev–Trinajstić information content (AvgIpc) is 2.60. The Morgan fingerprint density at radius 3 is 2.94 bits per heavy atom. The number of hydrogen-bond acceptors (Lipinski definition) is 3. The van der Waals surface area contributed by atoms with E-state index in [9.17, 15) is 5.11 Å². The first-order valence-electron chi connectivity index (χ1n) is 6.15. The minimum atomic E-state index is -0.836. The third kappa shape index (κ3) is 2.41. The molecule has 3 N–H and O–H groups in total. The SMILES string of the molecule is CC(C)n1ncc(Br)c1C1(O)CCCC(N)C1. The lowest BCUT2D eigenvalue weighted by molar-refractivity contribution is -0.0165. The molecule has 0 aromatic carbocycles. The molecule has 1 aromatic heterocycles. The van der Waals surface area contributed by atoms with Crippen molar-refractivity contribution >= 4 is 15.9 Å². The molecular formula is C12H20BrN3O. The largest absolute Gasteiger partial charge is 0.383 e. The summed E-state index contributed by atoms with van der Waals surface area (Å²) >= 11 is 3.49. The van der Waals surface area contributed by atoms with Crippen LogP contribution in [0, 0.1) is 0 Å². The van der Waals surface area contributed by atoms with Gasteiger partial charge in [-0.1, -0.05) is 0 Å². The van der Waals surface area contributed by atoms with Crippen molar-refractivity contribution in [3.05, 3.63) is 16.4 Å². The highest BCUT2D eigenvalue weighted by atomic mass is 79.9. The zero-order chi connectivity index (χ0) is 12.6. The lowest BCUT2D eigenvalue weighted by atomic mass is 9.80. The Morgan fingerprint density at radius 1 is 1.65 bits per heavy atom. The molecule has 0 spiro atoms. The van der Waals surface area contributed by atoms with E-state index < -0.39 is 5.60 Å². The highest BCUT2D eigenvalue weighted by Crippen LogP contribution is 2.40. The Hall–Kier alpha value is -0.390. The maximum Gasteiger partial charge on any atom is 0.109 e. The minimum Gasteiger partial charge on any atom is -0.383 e. The fourth-order valence-corrected chi connectivity index (χ4v) is 3.32. The van der Waals surface area contributed by atoms with Gasteiger partial charge in [0.1, 0.15) is 5.60 Å². The fraction of sp³-hybridized carbons (Fsp3) is 0.750. The molecule has 0 bridgehead atoms. The molecule has 17 heavy (non-hydrogen) atoms. The maximum absolute atomic E-state index is 10.8. The third-order valence-corrected chi connectivity index (χ3v) is 4.03. The van der Waals surface area contributed by atoms with Gasteiger partial charge in [0.05, 0.1) is 16.4 Å². The van der Waals surface area contributed by atoms with Crippen LogP contribution in [0.15, 0.2) is 10.7 Å². The van der Waals surface area contributed by atoms with Crippen molar-refractivity contribution in [3.63, 3.8) is 0 Å². The fourth-order valence-electron chi connectivity index (χ4n) is 2.68. The Bertz CT molecular complexity index is 404. The van der Waals surface area contributed by atoms with Crippen LogP contribution in [0.4, 0.5) is 0 Å². The van der Waals surface area contributed by atoms with Crippen LogP contribution in [-0.4, -0.2) is 20.9 Å². The van der Waals surface area contributed by atoms with Gasteiger partial charge < -0.3 is 10.8 Å². The summed E-state index contributed by atoms with van der Waals surface area (Å²) in [6.45, 7) is 4.13. The van der Waals surface area contributed by atoms with Gasteiger partial charge in [0, 0.05) is 12.1 Å². The van der Waals surface area contributed by atoms with Crippen LogP contribution in [0.25, 0.3) is 0 Å². The topological polar surface area (TPSA) is 64.1 Å². The van der Waals surface area contributed by atoms with Gasteiger partial charge in [0.25, 0.3) is 0 Å². The smallest absolute Gasteiger partial charge is 0.109 e. The van der Waals surface area contributed by atoms with E-state index in [2.05, 4.69) is 34.9 Å². The molecule has 1 aliphatic rings. The van der Waals surface area contributed by atoms with E-state index in [0.717, 1.165) is 29.4 Å². The first kappa shape index (κ1) is 13.1. The van der Waals surface area contributed by atoms with Crippen molar-refractivity contribution in [1.29, 1.82) is 0 Å². The van der Waals surface area contributed by atoms with Crippen molar-refractivity contribution < 1.29 is 5.11 Å². The molecule has 1 saturated carbocycles. The number of rotatable bonds is 2. The predicted octanol–water partition coefficient (Wildman–Crippen LogP) is 2.32. The van der Waals surface area contributed by atoms with Gasteiger partial charge in [-0.25, -0.2) is 0 Å². The maximum atomic E-state index is 10.8. The van der Waals surface area contributed by atoms with Gasteiger partial charge in [0.15, 0.2) is 0 Å². The molecule has 0 saturated heterocycles. The van der Waals surface area contributed by atoms with Crippen LogP contribution in [0.3, 0.4) is 0 Å². The van der Waals surface area contributed by atoms with Crippen LogP contribution in [0.1, 0.15) is 51.3 Å². The molecule has 1 fully saturated rings. The van der Waals surface area contributed by atoms with Gasteiger partial charge in [-0.3, -0.25) is 4.68 Å². The summed E-state index contributed by atoms with van der Waals surface area (Å²) in [6.07, 6.45) is 5.10. The number of aliphatic hydroxyl groups is 1. The van der Waals surface area contributed by atoms with Crippen molar-refractivity contribution in [2.75, 3.05) is 0 Å². The average molecular weight is 302 g/mol. The zero-order valence-electron chi connectivity index (χ0n) is 10.4. The second-order valence-electron chi connectivity index (χ2n) is 5.27. The first-order chi connectivity index (χ1) is 7.94. The lowest BCUT2D eigenvalue weighted by Crippen LogP contribution is -2.41. The Balaban J connectivity index is 2.41. The van der Waals surface area contributed by atoms with E-state index in [1.165, 1.54) is 0 Å². The summed E-state index contributed by atoms with van der Waals surface area (Å²) < 4.78 is 2.77. The van der Waals surface area contributed by atoms with Gasteiger partial charge in [-0.2, -0.15) is 5.10 Å². The summed E-state index contributed by atoms with van der Waals surface area (Å²) in [5.74, 6) is 0. The number of nitrogens with zero attached hydrogens (tertiary/aromatic N) is 2. The normalized spacial score (nSPS) is 29.9. The molecule has 1 aliphatic carbocycles. The van der Waals surface area contributed by atoms with E-state index in [0.29, 0.717) is 6.42 Å². The van der Waals surface area contributed by atoms with E-state index in [4.69, 9.17) is 5.73 Å². The van der Waals surface area contributed by atoms with Crippen LogP contribution < -0.4 is 5.73 Å². The van der Waals surface area contributed by atoms with E-state index in [-0.39, 0.29) is 12.1 Å². The van der Waals surface area contributed by atoms with E-state index in [1.54, 1.807) is 6.20 Å². The number of hydrogen-bond donors (Lipinski definition) is 2. The third-order valence-electron chi connectivity index (χ3n) is 3.45. The molecule has 2 unspecified atom stereocenters. The van der Waals surface area contributed by atoms with Crippen molar-refractivity contribution in [2.45, 2.75) is 57.2 Å². The Morgan fingerprint density at radius 2 is 2.35 bits per heavy atom. The van der Waals surface area contributed by atoms with Gasteiger partial charge in [-0.05, 0) is 55.5 Å². The highest BCUT2D eigenvalue weighted by molar-refractivity contribution is 9.10. The monoisotopic (exact) mass is 301 g/mol. The van der Waals surface area contributed by atoms with Crippen LogP contribution in [-0.2, 0) is 5.60 Å². The van der Waals surface area contributed by atoms with Crippen LogP contribution in [0.2, 0.25) is 0 Å². The highest BCUT2D eigenvalue weighted by Gasteiger charge is 2.39. The Kier molecular flexibility index (Phi) is 3.61. The van der Waals surface area contributed by atoms with Gasteiger partial charge in [0.2, 0.25) is 0 Å². The van der Waals surface area contributed by atoms with Gasteiger partial charge in [-0.15, -0.1) is 0 Å². The molecule has 96 valence electrons. The summed E-state index contributed by atoms with van der Waals surface area (Å²) in [4.78, 5) is 0. The van der Waals surface area contributed by atoms with Crippen molar-refractivity contribution in [3.8, 4) is 0 Å². The second-order valence-corrected chi connectivity index (χ2v) is 6.12. The van der Waals surface area contributed by atoms with E-state index >= 15 is 0 Å². The van der Waals surface area contributed by atoms with E-state index in [1.807, 2.05) is 4.68 Å². The lowest BCUT2D eigenvalue weighted by Gasteiger charge is -2.36. The first-order valence-corrected chi connectivity index (χ1v) is 6.95. The molecule has 0 aliphatic heterocycles.